The molecule has 3 atom stereocenters. The minimum absolute atomic E-state index is 0.151. The van der Waals surface area contributed by atoms with Gasteiger partial charge in [0.1, 0.15) is 5.78 Å². The zero-order valence-corrected chi connectivity index (χ0v) is 12.8. The van der Waals surface area contributed by atoms with Crippen molar-refractivity contribution in [2.45, 2.75) is 59.8 Å². The first-order valence-electron chi connectivity index (χ1n) is 7.64. The summed E-state index contributed by atoms with van der Waals surface area (Å²) in [5, 5.41) is 0. The van der Waals surface area contributed by atoms with Crippen LogP contribution in [0.15, 0.2) is 0 Å². The maximum atomic E-state index is 12.4. The number of hydrogen-bond donors (Lipinski definition) is 0. The lowest BCUT2D eigenvalue weighted by atomic mass is 9.68. The lowest BCUT2D eigenvalue weighted by Crippen LogP contribution is -2.33. The number of carbonyl (C=O) groups excluding carboxylic acids is 2. The van der Waals surface area contributed by atoms with Gasteiger partial charge in [-0.05, 0) is 37.5 Å². The molecular formula is C16H28O3. The van der Waals surface area contributed by atoms with Crippen molar-refractivity contribution >= 4 is 11.8 Å². The van der Waals surface area contributed by atoms with Crippen molar-refractivity contribution in [2.24, 2.45) is 23.7 Å². The minimum Gasteiger partial charge on any atom is -0.466 e. The van der Waals surface area contributed by atoms with Gasteiger partial charge in [0.15, 0.2) is 0 Å². The van der Waals surface area contributed by atoms with E-state index in [1.807, 2.05) is 0 Å². The molecule has 19 heavy (non-hydrogen) atoms. The summed E-state index contributed by atoms with van der Waals surface area (Å²) >= 11 is 0. The largest absolute Gasteiger partial charge is 0.466 e. The van der Waals surface area contributed by atoms with Crippen LogP contribution in [0.3, 0.4) is 0 Å². The zero-order chi connectivity index (χ0) is 14.4. The molecule has 0 amide bonds. The van der Waals surface area contributed by atoms with E-state index >= 15 is 0 Å². The number of rotatable bonds is 6. The van der Waals surface area contributed by atoms with Gasteiger partial charge in [-0.25, -0.2) is 0 Å². The summed E-state index contributed by atoms with van der Waals surface area (Å²) in [6, 6.07) is 0. The number of carbonyl (C=O) groups is 2. The second-order valence-electron chi connectivity index (χ2n) is 6.20. The van der Waals surface area contributed by atoms with E-state index in [0.717, 1.165) is 12.8 Å². The second kappa shape index (κ2) is 7.66. The summed E-state index contributed by atoms with van der Waals surface area (Å²) in [6.07, 6.45) is 3.95. The van der Waals surface area contributed by atoms with E-state index in [2.05, 4.69) is 20.8 Å². The standard InChI is InChI=1S/C16H28O3/c1-5-19-16(18)9-8-15(17)14-10-12(4)6-7-13(14)11(2)3/h11-14H,5-10H2,1-4H3/t12-,13+,14-/m1/s1. The van der Waals surface area contributed by atoms with Crippen LogP contribution in [0.5, 0.6) is 0 Å². The van der Waals surface area contributed by atoms with Crippen molar-refractivity contribution in [2.75, 3.05) is 6.61 Å². The molecule has 0 aromatic rings. The van der Waals surface area contributed by atoms with Gasteiger partial charge in [-0.2, -0.15) is 0 Å². The molecule has 0 spiro atoms. The normalized spacial score (nSPS) is 27.3. The molecule has 110 valence electrons. The highest BCUT2D eigenvalue weighted by Gasteiger charge is 2.34. The van der Waals surface area contributed by atoms with Gasteiger partial charge in [-0.15, -0.1) is 0 Å². The fourth-order valence-corrected chi connectivity index (χ4v) is 3.22. The van der Waals surface area contributed by atoms with Crippen LogP contribution < -0.4 is 0 Å². The molecular weight excluding hydrogens is 240 g/mol. The Labute approximate surface area is 117 Å². The maximum Gasteiger partial charge on any atom is 0.306 e. The molecule has 0 unspecified atom stereocenters. The van der Waals surface area contributed by atoms with Crippen molar-refractivity contribution in [1.82, 2.24) is 0 Å². The summed E-state index contributed by atoms with van der Waals surface area (Å²) in [7, 11) is 0. The van der Waals surface area contributed by atoms with Crippen LogP contribution in [0.2, 0.25) is 0 Å². The van der Waals surface area contributed by atoms with Crippen molar-refractivity contribution in [3.63, 3.8) is 0 Å². The average molecular weight is 268 g/mol. The van der Waals surface area contributed by atoms with Gasteiger partial charge in [0.25, 0.3) is 0 Å². The highest BCUT2D eigenvalue weighted by Crippen LogP contribution is 2.39. The number of ether oxygens (including phenoxy) is 1. The van der Waals surface area contributed by atoms with E-state index in [1.165, 1.54) is 6.42 Å². The molecule has 0 aromatic heterocycles. The highest BCUT2D eigenvalue weighted by molar-refractivity contribution is 5.85. The summed E-state index contributed by atoms with van der Waals surface area (Å²) < 4.78 is 4.88. The third kappa shape index (κ3) is 4.96. The SMILES string of the molecule is CCOC(=O)CCC(=O)[C@@H]1C[C@H](C)CC[C@H]1C(C)C. The molecule has 0 radical (unpaired) electrons. The molecule has 0 aliphatic heterocycles. The van der Waals surface area contributed by atoms with E-state index < -0.39 is 0 Å². The number of Topliss-reactive ketones (excluding diaryl/α,β-unsaturated/α-hetero) is 1. The lowest BCUT2D eigenvalue weighted by Gasteiger charge is -2.36. The quantitative estimate of drug-likeness (QED) is 0.691. The van der Waals surface area contributed by atoms with Crippen molar-refractivity contribution in [3.05, 3.63) is 0 Å². The zero-order valence-electron chi connectivity index (χ0n) is 12.8. The predicted molar refractivity (Wildman–Crippen MR) is 75.7 cm³/mol. The number of esters is 1. The molecule has 0 aromatic carbocycles. The fraction of sp³-hybridized carbons (Fsp3) is 0.875. The Morgan fingerprint density at radius 1 is 1.21 bits per heavy atom. The van der Waals surface area contributed by atoms with Gasteiger partial charge in [-0.3, -0.25) is 9.59 Å². The van der Waals surface area contributed by atoms with E-state index in [9.17, 15) is 9.59 Å². The third-order valence-electron chi connectivity index (χ3n) is 4.32. The van der Waals surface area contributed by atoms with Crippen LogP contribution in [0.4, 0.5) is 0 Å². The Morgan fingerprint density at radius 3 is 2.47 bits per heavy atom. The smallest absolute Gasteiger partial charge is 0.306 e. The van der Waals surface area contributed by atoms with Crippen LogP contribution in [0, 0.1) is 23.7 Å². The molecule has 1 rings (SSSR count). The van der Waals surface area contributed by atoms with E-state index in [1.54, 1.807) is 6.92 Å². The van der Waals surface area contributed by atoms with Crippen LogP contribution in [0.1, 0.15) is 59.8 Å². The molecule has 0 N–H and O–H groups in total. The van der Waals surface area contributed by atoms with Gasteiger partial charge in [0.05, 0.1) is 13.0 Å². The Bertz CT molecular complexity index is 309. The average Bonchev–Trinajstić information content (AvgIpc) is 2.35. The Kier molecular flexibility index (Phi) is 6.53. The molecule has 3 nitrogen and oxygen atoms in total. The van der Waals surface area contributed by atoms with E-state index in [4.69, 9.17) is 4.74 Å². The van der Waals surface area contributed by atoms with Crippen molar-refractivity contribution in [1.29, 1.82) is 0 Å². The monoisotopic (exact) mass is 268 g/mol. The molecule has 1 aliphatic rings. The first-order valence-corrected chi connectivity index (χ1v) is 7.64. The lowest BCUT2D eigenvalue weighted by molar-refractivity contribution is -0.145. The van der Waals surface area contributed by atoms with Gasteiger partial charge in [0.2, 0.25) is 0 Å². The summed E-state index contributed by atoms with van der Waals surface area (Å²) in [4.78, 5) is 23.7. The van der Waals surface area contributed by atoms with Crippen LogP contribution in [-0.2, 0) is 14.3 Å². The molecule has 1 saturated carbocycles. The molecule has 0 bridgehead atoms. The fourth-order valence-electron chi connectivity index (χ4n) is 3.22. The minimum atomic E-state index is -0.249. The molecule has 3 heteroatoms. The predicted octanol–water partition coefficient (Wildman–Crippen LogP) is 3.61. The van der Waals surface area contributed by atoms with Crippen LogP contribution in [-0.4, -0.2) is 18.4 Å². The number of ketones is 1. The van der Waals surface area contributed by atoms with Gasteiger partial charge in [-0.1, -0.05) is 27.2 Å². The second-order valence-corrected chi connectivity index (χ2v) is 6.20. The third-order valence-corrected chi connectivity index (χ3v) is 4.32. The number of hydrogen-bond acceptors (Lipinski definition) is 3. The Morgan fingerprint density at radius 2 is 1.89 bits per heavy atom. The van der Waals surface area contributed by atoms with Crippen LogP contribution in [0.25, 0.3) is 0 Å². The first kappa shape index (κ1) is 16.2. The molecule has 0 heterocycles. The van der Waals surface area contributed by atoms with E-state index in [0.29, 0.717) is 30.8 Å². The van der Waals surface area contributed by atoms with Gasteiger partial charge >= 0.3 is 5.97 Å². The van der Waals surface area contributed by atoms with Crippen molar-refractivity contribution < 1.29 is 14.3 Å². The topological polar surface area (TPSA) is 43.4 Å². The van der Waals surface area contributed by atoms with E-state index in [-0.39, 0.29) is 24.1 Å². The Hall–Kier alpha value is -0.860. The summed E-state index contributed by atoms with van der Waals surface area (Å²) in [5.74, 6) is 1.83. The maximum absolute atomic E-state index is 12.4. The highest BCUT2D eigenvalue weighted by atomic mass is 16.5. The molecule has 1 fully saturated rings. The van der Waals surface area contributed by atoms with Gasteiger partial charge < -0.3 is 4.74 Å². The van der Waals surface area contributed by atoms with Crippen molar-refractivity contribution in [3.8, 4) is 0 Å². The Balaban J connectivity index is 2.53. The summed E-state index contributed by atoms with van der Waals surface area (Å²) in [5.41, 5.74) is 0. The molecule has 0 saturated heterocycles. The van der Waals surface area contributed by atoms with Crippen LogP contribution >= 0.6 is 0 Å². The first-order chi connectivity index (χ1) is 8.95. The van der Waals surface area contributed by atoms with Gasteiger partial charge in [0, 0.05) is 12.3 Å². The molecule has 1 aliphatic carbocycles. The summed E-state index contributed by atoms with van der Waals surface area (Å²) in [6.45, 7) is 8.81.